The molecule has 0 fully saturated rings. The van der Waals surface area contributed by atoms with Crippen molar-refractivity contribution in [1.29, 1.82) is 0 Å². The van der Waals surface area contributed by atoms with Gasteiger partial charge in [-0.2, -0.15) is 0 Å². The van der Waals surface area contributed by atoms with E-state index in [2.05, 4.69) is 328 Å². The largest absolute Gasteiger partial charge is 0.264 e. The average molecular weight is 1200 g/mol. The van der Waals surface area contributed by atoms with Crippen molar-refractivity contribution in [2.75, 3.05) is 0 Å². The molecule has 4 heterocycles. The quantitative estimate of drug-likeness (QED) is 0.159. The summed E-state index contributed by atoms with van der Waals surface area (Å²) in [5.74, 6) is 3.96. The lowest BCUT2D eigenvalue weighted by Gasteiger charge is -2.08. The molecule has 14 rings (SSSR count). The Hall–Kier alpha value is -9.45. The molecule has 0 N–H and O–H groups in total. The van der Waals surface area contributed by atoms with Crippen LogP contribution in [0.5, 0.6) is 0 Å². The number of benzene rings is 10. The van der Waals surface area contributed by atoms with Crippen LogP contribution in [-0.2, 0) is 0 Å². The SMILES string of the molecule is CC(C)c1ccc2ccccc2c1.CC(C)c1ccc2ccccc2n1.CC(C)c1cccc2ccccc12.CC(C)c1cccc2ccccc12.CC(C)c1cccc2cnccc12.CC(C)c1cccc2nccnc12.CC(C)c1ccnc2ccccc12. The van der Waals surface area contributed by atoms with E-state index in [0.717, 1.165) is 22.1 Å². The Labute approximate surface area is 542 Å². The Morgan fingerprint density at radius 2 is 0.659 bits per heavy atom. The van der Waals surface area contributed by atoms with Gasteiger partial charge in [0.05, 0.1) is 22.1 Å². The van der Waals surface area contributed by atoms with Crippen molar-refractivity contribution >= 4 is 75.9 Å². The first-order valence-corrected chi connectivity index (χ1v) is 32.6. The van der Waals surface area contributed by atoms with Gasteiger partial charge in [0.2, 0.25) is 0 Å². The number of para-hydroxylation sites is 3. The summed E-state index contributed by atoms with van der Waals surface area (Å²) in [6.45, 7) is 30.9. The van der Waals surface area contributed by atoms with E-state index in [1.165, 1.54) is 92.9 Å². The zero-order chi connectivity index (χ0) is 64.8. The number of rotatable bonds is 7. The maximum atomic E-state index is 4.57. The molecule has 5 nitrogen and oxygen atoms in total. The molecule has 0 bridgehead atoms. The van der Waals surface area contributed by atoms with Crippen molar-refractivity contribution in [2.45, 2.75) is 138 Å². The summed E-state index contributed by atoms with van der Waals surface area (Å²) in [4.78, 5) is 21.6. The lowest BCUT2D eigenvalue weighted by atomic mass is 9.96. The third-order valence-electron chi connectivity index (χ3n) is 16.3. The highest BCUT2D eigenvalue weighted by molar-refractivity contribution is 5.88. The number of aromatic nitrogens is 5. The molecule has 91 heavy (non-hydrogen) atoms. The number of fused-ring (bicyclic) bond motifs is 7. The van der Waals surface area contributed by atoms with Gasteiger partial charge in [-0.25, -0.2) is 0 Å². The number of nitrogens with zero attached hydrogens (tertiary/aromatic N) is 5. The minimum atomic E-state index is 0.500. The molecule has 0 saturated heterocycles. The van der Waals surface area contributed by atoms with Crippen molar-refractivity contribution in [1.82, 2.24) is 24.9 Å². The van der Waals surface area contributed by atoms with Gasteiger partial charge in [0.15, 0.2) is 0 Å². The van der Waals surface area contributed by atoms with Crippen LogP contribution in [0.25, 0.3) is 75.9 Å². The van der Waals surface area contributed by atoms with Crippen LogP contribution in [0, 0.1) is 0 Å². The van der Waals surface area contributed by atoms with E-state index in [9.17, 15) is 0 Å². The van der Waals surface area contributed by atoms with Crippen LogP contribution < -0.4 is 0 Å². The zero-order valence-electron chi connectivity index (χ0n) is 56.2. The molecule has 0 spiro atoms. The highest BCUT2D eigenvalue weighted by atomic mass is 14.8. The van der Waals surface area contributed by atoms with Gasteiger partial charge in [0.1, 0.15) is 0 Å². The lowest BCUT2D eigenvalue weighted by molar-refractivity contribution is 0.830. The van der Waals surface area contributed by atoms with Gasteiger partial charge in [0, 0.05) is 52.8 Å². The normalized spacial score (nSPS) is 11.0. The summed E-state index contributed by atoms with van der Waals surface area (Å²) >= 11 is 0. The van der Waals surface area contributed by atoms with E-state index >= 15 is 0 Å². The van der Waals surface area contributed by atoms with Crippen molar-refractivity contribution in [3.63, 3.8) is 0 Å². The fraction of sp³-hybridized carbons (Fsp3) is 0.244. The standard InChI is InChI=1S/3C13H14.3C12H13N.C11H12N2/c2*1-10(2)12-9-5-7-11-6-3-4-8-13(11)12;1-10(2)12-8-7-11-5-3-4-6-13(11)9-12;1-9(2)11-5-3-4-10-8-13-7-6-12(10)11;1-9(2)10-7-8-13-12-6-4-3-5-11(10)12;1-9(2)11-8-7-10-5-3-4-6-12(10)13-11;1-8(2)9-4-3-5-10-11(9)13-7-6-12-10/h3*3-10H,1-2H3;3*3-9H,1-2H3;3-8H,1-2H3. The summed E-state index contributed by atoms with van der Waals surface area (Å²) in [6, 6.07) is 82.8. The summed E-state index contributed by atoms with van der Waals surface area (Å²) in [6.07, 6.45) is 9.13. The Kier molecular flexibility index (Phi) is 24.8. The Bertz CT molecular complexity index is 3940. The van der Waals surface area contributed by atoms with Gasteiger partial charge in [-0.3, -0.25) is 24.9 Å². The molecule has 5 heteroatoms. The van der Waals surface area contributed by atoms with Gasteiger partial charge in [-0.15, -0.1) is 0 Å². The maximum Gasteiger partial charge on any atom is 0.0921 e. The third-order valence-corrected chi connectivity index (χ3v) is 16.3. The van der Waals surface area contributed by atoms with Crippen LogP contribution >= 0.6 is 0 Å². The molecule has 0 atom stereocenters. The van der Waals surface area contributed by atoms with E-state index in [1.807, 2.05) is 48.9 Å². The van der Waals surface area contributed by atoms with Gasteiger partial charge in [0.25, 0.3) is 0 Å². The van der Waals surface area contributed by atoms with Gasteiger partial charge in [-0.05, 0) is 149 Å². The molecular weight excluding hydrogens is 1100 g/mol. The molecule has 0 radical (unpaired) electrons. The fourth-order valence-corrected chi connectivity index (χ4v) is 11.2. The van der Waals surface area contributed by atoms with Crippen molar-refractivity contribution < 1.29 is 0 Å². The van der Waals surface area contributed by atoms with E-state index in [0.29, 0.717) is 41.4 Å². The molecule has 10 aromatic carbocycles. The first-order valence-electron chi connectivity index (χ1n) is 32.6. The molecule has 0 unspecified atom stereocenters. The molecule has 14 aromatic rings. The monoisotopic (exact) mass is 1200 g/mol. The first kappa shape index (κ1) is 67.5. The fourth-order valence-electron chi connectivity index (χ4n) is 11.2. The third kappa shape index (κ3) is 18.6. The second-order valence-electron chi connectivity index (χ2n) is 25.4. The zero-order valence-corrected chi connectivity index (χ0v) is 56.2. The molecular formula is C86H93N5. The summed E-state index contributed by atoms with van der Waals surface area (Å²) in [5, 5.41) is 13.2. The van der Waals surface area contributed by atoms with Crippen molar-refractivity contribution in [3.8, 4) is 0 Å². The molecule has 0 aliphatic heterocycles. The minimum Gasteiger partial charge on any atom is -0.264 e. The first-order chi connectivity index (χ1) is 44.0. The van der Waals surface area contributed by atoms with E-state index in [1.54, 1.807) is 12.4 Å². The highest BCUT2D eigenvalue weighted by Gasteiger charge is 2.09. The average Bonchev–Trinajstić information content (AvgIpc) is 3.02. The minimum absolute atomic E-state index is 0.500. The molecule has 462 valence electrons. The summed E-state index contributed by atoms with van der Waals surface area (Å²) < 4.78 is 0. The molecule has 0 aliphatic rings. The van der Waals surface area contributed by atoms with Crippen LogP contribution in [0.1, 0.15) is 177 Å². The van der Waals surface area contributed by atoms with Crippen molar-refractivity contribution in [2.24, 2.45) is 0 Å². The van der Waals surface area contributed by atoms with Gasteiger partial charge < -0.3 is 0 Å². The Morgan fingerprint density at radius 1 is 0.242 bits per heavy atom. The van der Waals surface area contributed by atoms with Crippen LogP contribution in [-0.4, -0.2) is 24.9 Å². The molecule has 0 saturated carbocycles. The number of hydrogen-bond acceptors (Lipinski definition) is 5. The topological polar surface area (TPSA) is 64.5 Å². The Morgan fingerprint density at radius 3 is 1.23 bits per heavy atom. The van der Waals surface area contributed by atoms with Crippen LogP contribution in [0.2, 0.25) is 0 Å². The molecule has 0 amide bonds. The van der Waals surface area contributed by atoms with Crippen LogP contribution in [0.3, 0.4) is 0 Å². The van der Waals surface area contributed by atoms with Crippen LogP contribution in [0.4, 0.5) is 0 Å². The highest BCUT2D eigenvalue weighted by Crippen LogP contribution is 2.29. The van der Waals surface area contributed by atoms with Gasteiger partial charge >= 0.3 is 0 Å². The maximum absolute atomic E-state index is 4.57. The Balaban J connectivity index is 0.000000137. The van der Waals surface area contributed by atoms with E-state index in [-0.39, 0.29) is 0 Å². The van der Waals surface area contributed by atoms with Crippen molar-refractivity contribution in [3.05, 3.63) is 307 Å². The van der Waals surface area contributed by atoms with E-state index < -0.39 is 0 Å². The smallest absolute Gasteiger partial charge is 0.0921 e. The number of hydrogen-bond donors (Lipinski definition) is 0. The van der Waals surface area contributed by atoms with Gasteiger partial charge in [-0.1, -0.05) is 297 Å². The number of pyridine rings is 3. The summed E-state index contributed by atoms with van der Waals surface area (Å²) in [7, 11) is 0. The molecule has 0 aliphatic carbocycles. The summed E-state index contributed by atoms with van der Waals surface area (Å²) in [5.41, 5.74) is 13.7. The predicted molar refractivity (Wildman–Crippen MR) is 395 cm³/mol. The van der Waals surface area contributed by atoms with Crippen LogP contribution in [0.15, 0.2) is 268 Å². The predicted octanol–water partition coefficient (Wildman–Crippen LogP) is 24.7. The van der Waals surface area contributed by atoms with E-state index in [4.69, 9.17) is 0 Å². The molecule has 4 aromatic heterocycles. The second kappa shape index (κ2) is 33.4. The second-order valence-corrected chi connectivity index (χ2v) is 25.4. The lowest BCUT2D eigenvalue weighted by Crippen LogP contribution is -1.92.